The molecule has 0 aromatic rings. The second kappa shape index (κ2) is 7.11. The second-order valence-corrected chi connectivity index (χ2v) is 8.09. The van der Waals surface area contributed by atoms with E-state index in [1.165, 1.54) is 70.8 Å². The van der Waals surface area contributed by atoms with E-state index in [0.29, 0.717) is 0 Å². The fraction of sp³-hybridized carbons (Fsp3) is 1.00. The SMILES string of the molecule is CC(C)(C)NCC1CCCCCC1C1CCCCC1. The van der Waals surface area contributed by atoms with Gasteiger partial charge in [-0.1, -0.05) is 51.4 Å². The Morgan fingerprint density at radius 1 is 0.789 bits per heavy atom. The first-order valence-corrected chi connectivity index (χ1v) is 8.81. The molecule has 2 aliphatic carbocycles. The van der Waals surface area contributed by atoms with E-state index in [0.717, 1.165) is 17.8 Å². The molecular weight excluding hydrogens is 230 g/mol. The third-order valence-corrected chi connectivity index (χ3v) is 5.37. The van der Waals surface area contributed by atoms with Crippen LogP contribution in [0.25, 0.3) is 0 Å². The van der Waals surface area contributed by atoms with Gasteiger partial charge >= 0.3 is 0 Å². The van der Waals surface area contributed by atoms with Gasteiger partial charge in [0.25, 0.3) is 0 Å². The maximum absolute atomic E-state index is 3.79. The van der Waals surface area contributed by atoms with E-state index in [-0.39, 0.29) is 5.54 Å². The van der Waals surface area contributed by atoms with Gasteiger partial charge in [0.15, 0.2) is 0 Å². The Morgan fingerprint density at radius 2 is 1.37 bits per heavy atom. The molecule has 0 radical (unpaired) electrons. The van der Waals surface area contributed by atoms with Crippen LogP contribution in [0.15, 0.2) is 0 Å². The lowest BCUT2D eigenvalue weighted by Gasteiger charge is -2.36. The normalized spacial score (nSPS) is 31.1. The highest BCUT2D eigenvalue weighted by Gasteiger charge is 2.31. The lowest BCUT2D eigenvalue weighted by molar-refractivity contribution is 0.157. The second-order valence-electron chi connectivity index (χ2n) is 8.09. The van der Waals surface area contributed by atoms with Crippen LogP contribution in [-0.2, 0) is 0 Å². The lowest BCUT2D eigenvalue weighted by atomic mass is 9.72. The summed E-state index contributed by atoms with van der Waals surface area (Å²) in [6, 6.07) is 0. The Balaban J connectivity index is 1.94. The van der Waals surface area contributed by atoms with Crippen LogP contribution in [0.3, 0.4) is 0 Å². The zero-order valence-electron chi connectivity index (χ0n) is 13.5. The van der Waals surface area contributed by atoms with E-state index in [1.807, 2.05) is 0 Å². The van der Waals surface area contributed by atoms with Crippen molar-refractivity contribution < 1.29 is 0 Å². The summed E-state index contributed by atoms with van der Waals surface area (Å²) in [7, 11) is 0. The highest BCUT2D eigenvalue weighted by Crippen LogP contribution is 2.40. The number of nitrogens with one attached hydrogen (secondary N) is 1. The molecule has 1 N–H and O–H groups in total. The molecule has 1 heteroatoms. The van der Waals surface area contributed by atoms with E-state index in [1.54, 1.807) is 0 Å². The van der Waals surface area contributed by atoms with Gasteiger partial charge in [0.2, 0.25) is 0 Å². The van der Waals surface area contributed by atoms with Gasteiger partial charge in [-0.25, -0.2) is 0 Å². The van der Waals surface area contributed by atoms with Gasteiger partial charge in [-0.2, -0.15) is 0 Å². The van der Waals surface area contributed by atoms with Gasteiger partial charge in [0, 0.05) is 5.54 Å². The van der Waals surface area contributed by atoms with Crippen molar-refractivity contribution in [2.75, 3.05) is 6.54 Å². The van der Waals surface area contributed by atoms with Gasteiger partial charge in [0.1, 0.15) is 0 Å². The highest BCUT2D eigenvalue weighted by atomic mass is 14.9. The van der Waals surface area contributed by atoms with E-state index >= 15 is 0 Å². The minimum absolute atomic E-state index is 0.281. The third-order valence-electron chi connectivity index (χ3n) is 5.37. The van der Waals surface area contributed by atoms with Crippen LogP contribution in [0.5, 0.6) is 0 Å². The highest BCUT2D eigenvalue weighted by molar-refractivity contribution is 4.84. The fourth-order valence-corrected chi connectivity index (χ4v) is 4.29. The molecule has 0 saturated heterocycles. The average molecular weight is 265 g/mol. The molecule has 2 aliphatic rings. The molecule has 0 heterocycles. The number of hydrogen-bond donors (Lipinski definition) is 1. The predicted molar refractivity (Wildman–Crippen MR) is 84.4 cm³/mol. The summed E-state index contributed by atoms with van der Waals surface area (Å²) in [5, 5.41) is 3.79. The zero-order valence-corrected chi connectivity index (χ0v) is 13.5. The van der Waals surface area contributed by atoms with Crippen LogP contribution in [0.4, 0.5) is 0 Å². The first-order valence-electron chi connectivity index (χ1n) is 8.81. The molecule has 0 amide bonds. The van der Waals surface area contributed by atoms with E-state index in [2.05, 4.69) is 26.1 Å². The standard InChI is InChI=1S/C18H35N/c1-18(2,3)19-14-16-12-8-5-9-13-17(16)15-10-6-4-7-11-15/h15-17,19H,4-14H2,1-3H3. The lowest BCUT2D eigenvalue weighted by Crippen LogP contribution is -2.41. The quantitative estimate of drug-likeness (QED) is 0.696. The van der Waals surface area contributed by atoms with Gasteiger partial charge in [-0.15, -0.1) is 0 Å². The van der Waals surface area contributed by atoms with Crippen molar-refractivity contribution in [3.63, 3.8) is 0 Å². The molecule has 2 atom stereocenters. The molecule has 0 aliphatic heterocycles. The summed E-state index contributed by atoms with van der Waals surface area (Å²) >= 11 is 0. The van der Waals surface area contributed by atoms with Crippen molar-refractivity contribution in [3.05, 3.63) is 0 Å². The maximum Gasteiger partial charge on any atom is 0.00966 e. The topological polar surface area (TPSA) is 12.0 Å². The summed E-state index contributed by atoms with van der Waals surface area (Å²) in [4.78, 5) is 0. The fourth-order valence-electron chi connectivity index (χ4n) is 4.29. The Bertz CT molecular complexity index is 247. The minimum Gasteiger partial charge on any atom is -0.312 e. The minimum atomic E-state index is 0.281. The Hall–Kier alpha value is -0.0400. The summed E-state index contributed by atoms with van der Waals surface area (Å²) < 4.78 is 0. The molecular formula is C18H35N. The largest absolute Gasteiger partial charge is 0.312 e. The third kappa shape index (κ3) is 5.10. The molecule has 0 aromatic carbocycles. The molecule has 2 unspecified atom stereocenters. The van der Waals surface area contributed by atoms with E-state index in [9.17, 15) is 0 Å². The molecule has 0 spiro atoms. The van der Waals surface area contributed by atoms with Crippen molar-refractivity contribution in [1.29, 1.82) is 0 Å². The Kier molecular flexibility index (Phi) is 5.74. The molecule has 2 rings (SSSR count). The molecule has 2 saturated carbocycles. The van der Waals surface area contributed by atoms with Crippen molar-refractivity contribution in [2.24, 2.45) is 17.8 Å². The van der Waals surface area contributed by atoms with Gasteiger partial charge in [-0.3, -0.25) is 0 Å². The number of hydrogen-bond acceptors (Lipinski definition) is 1. The van der Waals surface area contributed by atoms with Gasteiger partial charge in [-0.05, 0) is 57.9 Å². The average Bonchev–Trinajstić information content (AvgIpc) is 2.62. The predicted octanol–water partition coefficient (Wildman–Crippen LogP) is 5.15. The van der Waals surface area contributed by atoms with Crippen LogP contribution in [0.2, 0.25) is 0 Å². The van der Waals surface area contributed by atoms with E-state index in [4.69, 9.17) is 0 Å². The summed E-state index contributed by atoms with van der Waals surface area (Å²) in [5.74, 6) is 3.03. The molecule has 2 fully saturated rings. The summed E-state index contributed by atoms with van der Waals surface area (Å²) in [6.45, 7) is 8.17. The molecule has 1 nitrogen and oxygen atoms in total. The Labute approximate surface area is 120 Å². The summed E-state index contributed by atoms with van der Waals surface area (Å²) in [5.41, 5.74) is 0.281. The monoisotopic (exact) mass is 265 g/mol. The zero-order chi connectivity index (χ0) is 13.7. The van der Waals surface area contributed by atoms with Crippen LogP contribution in [0, 0.1) is 17.8 Å². The van der Waals surface area contributed by atoms with Crippen molar-refractivity contribution in [3.8, 4) is 0 Å². The van der Waals surface area contributed by atoms with Gasteiger partial charge < -0.3 is 5.32 Å². The van der Waals surface area contributed by atoms with Crippen molar-refractivity contribution in [2.45, 2.75) is 90.5 Å². The first kappa shape index (κ1) is 15.4. The van der Waals surface area contributed by atoms with Crippen LogP contribution >= 0.6 is 0 Å². The smallest absolute Gasteiger partial charge is 0.00966 e. The Morgan fingerprint density at radius 3 is 2.00 bits per heavy atom. The molecule has 112 valence electrons. The summed E-state index contributed by atoms with van der Waals surface area (Å²) in [6.07, 6.45) is 15.0. The molecule has 19 heavy (non-hydrogen) atoms. The maximum atomic E-state index is 3.79. The van der Waals surface area contributed by atoms with Crippen molar-refractivity contribution in [1.82, 2.24) is 5.32 Å². The number of rotatable bonds is 3. The van der Waals surface area contributed by atoms with Crippen LogP contribution < -0.4 is 5.32 Å². The van der Waals surface area contributed by atoms with E-state index < -0.39 is 0 Å². The van der Waals surface area contributed by atoms with Crippen LogP contribution in [0.1, 0.15) is 85.0 Å². The molecule has 0 bridgehead atoms. The first-order chi connectivity index (χ1) is 9.06. The van der Waals surface area contributed by atoms with Crippen LogP contribution in [-0.4, -0.2) is 12.1 Å². The van der Waals surface area contributed by atoms with Gasteiger partial charge in [0.05, 0.1) is 0 Å². The molecule has 0 aromatic heterocycles. The van der Waals surface area contributed by atoms with Crippen molar-refractivity contribution >= 4 is 0 Å².